The second-order valence-electron chi connectivity index (χ2n) is 5.98. The second kappa shape index (κ2) is 5.43. The average Bonchev–Trinajstić information content (AvgIpc) is 2.49. The Morgan fingerprint density at radius 3 is 2.64 bits per heavy atom. The molecule has 0 aromatic carbocycles. The third kappa shape index (κ3) is 2.44. The Morgan fingerprint density at radius 2 is 2.00 bits per heavy atom. The van der Waals surface area contributed by atoms with Crippen molar-refractivity contribution in [1.82, 2.24) is 14.9 Å². The van der Waals surface area contributed by atoms with Gasteiger partial charge in [-0.15, -0.1) is 0 Å². The van der Waals surface area contributed by atoms with E-state index in [0.717, 1.165) is 24.3 Å². The number of hydrogen-bond donors (Lipinski definition) is 1. The van der Waals surface area contributed by atoms with Crippen LogP contribution in [0.3, 0.4) is 0 Å². The van der Waals surface area contributed by atoms with Gasteiger partial charge in [-0.1, -0.05) is 0 Å². The van der Waals surface area contributed by atoms with E-state index < -0.39 is 0 Å². The molecule has 1 N–H and O–H groups in total. The summed E-state index contributed by atoms with van der Waals surface area (Å²) >= 11 is 0. The Bertz CT molecular complexity index is 810. The summed E-state index contributed by atoms with van der Waals surface area (Å²) in [7, 11) is 1.73. The lowest BCUT2D eigenvalue weighted by Crippen LogP contribution is -2.54. The maximum Gasteiger partial charge on any atom is 0.252 e. The highest BCUT2D eigenvalue weighted by atomic mass is 16.1. The molecule has 1 fully saturated rings. The third-order valence-corrected chi connectivity index (χ3v) is 4.08. The van der Waals surface area contributed by atoms with E-state index in [1.54, 1.807) is 29.8 Å². The first-order valence-electron chi connectivity index (χ1n) is 7.41. The lowest BCUT2D eigenvalue weighted by molar-refractivity contribution is 0.407. The Kier molecular flexibility index (Phi) is 3.59. The molecule has 6 heteroatoms. The quantitative estimate of drug-likeness (QED) is 0.850. The molecule has 0 saturated carbocycles. The number of hydrogen-bond acceptors (Lipinski definition) is 5. The molecular weight excluding hydrogens is 278 g/mol. The number of piperazine rings is 1. The Balaban J connectivity index is 2.22. The van der Waals surface area contributed by atoms with Crippen LogP contribution in [0.1, 0.15) is 19.5 Å². The molecule has 0 aliphatic carbocycles. The van der Waals surface area contributed by atoms with Crippen LogP contribution in [0.4, 0.5) is 5.69 Å². The van der Waals surface area contributed by atoms with Crippen molar-refractivity contribution in [3.05, 3.63) is 34.2 Å². The second-order valence-corrected chi connectivity index (χ2v) is 5.98. The molecule has 2 atom stereocenters. The number of rotatable bonds is 1. The molecule has 2 unspecified atom stereocenters. The van der Waals surface area contributed by atoms with Crippen LogP contribution in [-0.4, -0.2) is 34.7 Å². The SMILES string of the molecule is CC1CN(c2cc(=O)n(C)c3ccc(C#N)nc23)CC(C)N1. The predicted molar refractivity (Wildman–Crippen MR) is 86.0 cm³/mol. The number of nitrogens with one attached hydrogen (secondary N) is 1. The fraction of sp³-hybridized carbons (Fsp3) is 0.438. The number of pyridine rings is 2. The molecule has 114 valence electrons. The minimum atomic E-state index is -0.0622. The first kappa shape index (κ1) is 14.5. The van der Waals surface area contributed by atoms with Gasteiger partial charge in [-0.2, -0.15) is 5.26 Å². The number of aryl methyl sites for hydroxylation is 1. The molecule has 1 aliphatic heterocycles. The van der Waals surface area contributed by atoms with Gasteiger partial charge in [0, 0.05) is 38.3 Å². The fourth-order valence-corrected chi connectivity index (χ4v) is 3.14. The zero-order chi connectivity index (χ0) is 15.9. The summed E-state index contributed by atoms with van der Waals surface area (Å²) in [6, 6.07) is 7.81. The summed E-state index contributed by atoms with van der Waals surface area (Å²) in [6.45, 7) is 5.87. The van der Waals surface area contributed by atoms with E-state index in [-0.39, 0.29) is 5.56 Å². The molecule has 2 aromatic heterocycles. The molecule has 1 saturated heterocycles. The zero-order valence-corrected chi connectivity index (χ0v) is 13.0. The first-order chi connectivity index (χ1) is 10.5. The van der Waals surface area contributed by atoms with E-state index in [4.69, 9.17) is 5.26 Å². The van der Waals surface area contributed by atoms with Crippen molar-refractivity contribution < 1.29 is 0 Å². The van der Waals surface area contributed by atoms with Crippen molar-refractivity contribution in [2.75, 3.05) is 18.0 Å². The van der Waals surface area contributed by atoms with E-state index >= 15 is 0 Å². The molecule has 22 heavy (non-hydrogen) atoms. The van der Waals surface area contributed by atoms with E-state index in [9.17, 15) is 4.79 Å². The van der Waals surface area contributed by atoms with Crippen LogP contribution in [0, 0.1) is 11.3 Å². The Hall–Kier alpha value is -2.39. The normalized spacial score (nSPS) is 21.8. The zero-order valence-electron chi connectivity index (χ0n) is 13.0. The highest BCUT2D eigenvalue weighted by molar-refractivity contribution is 5.88. The summed E-state index contributed by atoms with van der Waals surface area (Å²) < 4.78 is 1.57. The third-order valence-electron chi connectivity index (χ3n) is 4.08. The van der Waals surface area contributed by atoms with Crippen molar-refractivity contribution in [2.45, 2.75) is 25.9 Å². The van der Waals surface area contributed by atoms with Crippen molar-refractivity contribution in [3.8, 4) is 6.07 Å². The summed E-state index contributed by atoms with van der Waals surface area (Å²) in [5.74, 6) is 0. The summed E-state index contributed by atoms with van der Waals surface area (Å²) in [4.78, 5) is 18.9. The summed E-state index contributed by atoms with van der Waals surface area (Å²) in [5.41, 5.74) is 2.58. The molecule has 0 bridgehead atoms. The maximum atomic E-state index is 12.2. The predicted octanol–water partition coefficient (Wildman–Crippen LogP) is 0.992. The molecular formula is C16H19N5O. The minimum absolute atomic E-state index is 0.0622. The van der Waals surface area contributed by atoms with Crippen LogP contribution in [0.25, 0.3) is 11.0 Å². The Morgan fingerprint density at radius 1 is 1.32 bits per heavy atom. The van der Waals surface area contributed by atoms with E-state index in [2.05, 4.69) is 35.1 Å². The maximum absolute atomic E-state index is 12.2. The molecule has 6 nitrogen and oxygen atoms in total. The number of fused-ring (bicyclic) bond motifs is 1. The van der Waals surface area contributed by atoms with Crippen molar-refractivity contribution in [1.29, 1.82) is 5.26 Å². The van der Waals surface area contributed by atoms with Crippen LogP contribution in [-0.2, 0) is 7.05 Å². The summed E-state index contributed by atoms with van der Waals surface area (Å²) in [6.07, 6.45) is 0. The van der Waals surface area contributed by atoms with Crippen LogP contribution < -0.4 is 15.8 Å². The van der Waals surface area contributed by atoms with Gasteiger partial charge in [0.25, 0.3) is 5.56 Å². The molecule has 0 amide bonds. The van der Waals surface area contributed by atoms with Crippen molar-refractivity contribution in [2.24, 2.45) is 7.05 Å². The van der Waals surface area contributed by atoms with Gasteiger partial charge in [-0.3, -0.25) is 4.79 Å². The topological polar surface area (TPSA) is 74.0 Å². The van der Waals surface area contributed by atoms with E-state index in [1.165, 1.54) is 0 Å². The number of aromatic nitrogens is 2. The molecule has 0 spiro atoms. The average molecular weight is 297 g/mol. The standard InChI is InChI=1S/C16H19N5O/c1-10-8-21(9-11(2)18-10)14-6-15(22)20(3)13-5-4-12(7-17)19-16(13)14/h4-6,10-11,18H,8-9H2,1-3H3. The van der Waals surface area contributed by atoms with Crippen LogP contribution in [0.2, 0.25) is 0 Å². The Labute approximate surface area is 129 Å². The number of anilines is 1. The molecule has 3 heterocycles. The van der Waals surface area contributed by atoms with Gasteiger partial charge in [-0.05, 0) is 26.0 Å². The van der Waals surface area contributed by atoms with Gasteiger partial charge in [0.15, 0.2) is 0 Å². The number of nitrogens with zero attached hydrogens (tertiary/aromatic N) is 4. The highest BCUT2D eigenvalue weighted by Crippen LogP contribution is 2.25. The minimum Gasteiger partial charge on any atom is -0.366 e. The van der Waals surface area contributed by atoms with E-state index in [1.807, 2.05) is 0 Å². The van der Waals surface area contributed by atoms with E-state index in [0.29, 0.717) is 23.3 Å². The van der Waals surface area contributed by atoms with Gasteiger partial charge in [0.2, 0.25) is 0 Å². The van der Waals surface area contributed by atoms with Gasteiger partial charge in [0.1, 0.15) is 17.3 Å². The monoisotopic (exact) mass is 297 g/mol. The van der Waals surface area contributed by atoms with Crippen LogP contribution >= 0.6 is 0 Å². The molecule has 1 aliphatic rings. The lowest BCUT2D eigenvalue weighted by atomic mass is 10.1. The first-order valence-corrected chi connectivity index (χ1v) is 7.41. The van der Waals surface area contributed by atoms with Crippen molar-refractivity contribution in [3.63, 3.8) is 0 Å². The van der Waals surface area contributed by atoms with Crippen LogP contribution in [0.5, 0.6) is 0 Å². The van der Waals surface area contributed by atoms with Gasteiger partial charge in [-0.25, -0.2) is 4.98 Å². The van der Waals surface area contributed by atoms with Gasteiger partial charge >= 0.3 is 0 Å². The fourth-order valence-electron chi connectivity index (χ4n) is 3.14. The van der Waals surface area contributed by atoms with Gasteiger partial charge in [0.05, 0.1) is 11.2 Å². The highest BCUT2D eigenvalue weighted by Gasteiger charge is 2.24. The smallest absolute Gasteiger partial charge is 0.252 e. The molecule has 2 aromatic rings. The number of nitriles is 1. The summed E-state index contributed by atoms with van der Waals surface area (Å²) in [5, 5.41) is 12.6. The largest absolute Gasteiger partial charge is 0.366 e. The van der Waals surface area contributed by atoms with Gasteiger partial charge < -0.3 is 14.8 Å². The van der Waals surface area contributed by atoms with Crippen molar-refractivity contribution >= 4 is 16.7 Å². The molecule has 0 radical (unpaired) electrons. The van der Waals surface area contributed by atoms with Crippen LogP contribution in [0.15, 0.2) is 23.0 Å². The lowest BCUT2D eigenvalue weighted by Gasteiger charge is -2.37. The molecule has 3 rings (SSSR count).